The van der Waals surface area contributed by atoms with Crippen LogP contribution in [-0.4, -0.2) is 39.0 Å². The van der Waals surface area contributed by atoms with Crippen molar-refractivity contribution in [1.29, 1.82) is 0 Å². The van der Waals surface area contributed by atoms with Crippen LogP contribution < -0.4 is 5.32 Å². The third-order valence-corrected chi connectivity index (χ3v) is 7.50. The molecule has 1 atom stereocenters. The summed E-state index contributed by atoms with van der Waals surface area (Å²) in [6, 6.07) is 20.1. The van der Waals surface area contributed by atoms with Crippen molar-refractivity contribution in [2.45, 2.75) is 51.1 Å². The first-order chi connectivity index (χ1) is 18.4. The molecular formula is C29H31Cl2N3O4S. The Bertz CT molecular complexity index is 1280. The Morgan fingerprint density at radius 3 is 2.13 bits per heavy atom. The topological polar surface area (TPSA) is 92.6 Å². The number of carbonyl (C=O) groups is 2. The zero-order valence-corrected chi connectivity index (χ0v) is 24.4. The maximum Gasteiger partial charge on any atom is 0.269 e. The second-order valence-corrected chi connectivity index (χ2v) is 11.9. The van der Waals surface area contributed by atoms with Gasteiger partial charge in [0.05, 0.1) is 10.7 Å². The molecule has 0 bridgehead atoms. The van der Waals surface area contributed by atoms with E-state index in [-0.39, 0.29) is 29.8 Å². The summed E-state index contributed by atoms with van der Waals surface area (Å²) in [5.74, 6) is 0.0425. The molecule has 7 nitrogen and oxygen atoms in total. The number of benzene rings is 3. The number of thioether (sulfide) groups is 1. The molecule has 1 N–H and O–H groups in total. The fourth-order valence-corrected chi connectivity index (χ4v) is 5.30. The van der Waals surface area contributed by atoms with Gasteiger partial charge in [0.15, 0.2) is 0 Å². The lowest BCUT2D eigenvalue weighted by Gasteiger charge is -2.34. The predicted octanol–water partition coefficient (Wildman–Crippen LogP) is 6.69. The lowest BCUT2D eigenvalue weighted by molar-refractivity contribution is -0.384. The summed E-state index contributed by atoms with van der Waals surface area (Å²) < 4.78 is 0. The highest BCUT2D eigenvalue weighted by Crippen LogP contribution is 2.28. The van der Waals surface area contributed by atoms with Crippen molar-refractivity contribution in [2.24, 2.45) is 0 Å². The molecule has 0 heterocycles. The van der Waals surface area contributed by atoms with Crippen molar-refractivity contribution < 1.29 is 14.5 Å². The van der Waals surface area contributed by atoms with Crippen LogP contribution in [0.15, 0.2) is 72.8 Å². The summed E-state index contributed by atoms with van der Waals surface area (Å²) in [4.78, 5) is 39.4. The number of rotatable bonds is 11. The van der Waals surface area contributed by atoms with Crippen molar-refractivity contribution in [3.63, 3.8) is 0 Å². The van der Waals surface area contributed by atoms with E-state index in [1.165, 1.54) is 23.9 Å². The number of non-ortho nitro benzene ring substituents is 1. The van der Waals surface area contributed by atoms with Crippen LogP contribution in [0.1, 0.15) is 37.5 Å². The van der Waals surface area contributed by atoms with Crippen molar-refractivity contribution in [2.75, 3.05) is 5.75 Å². The number of nitro groups is 1. The maximum atomic E-state index is 13.8. The molecule has 0 spiro atoms. The van der Waals surface area contributed by atoms with Crippen LogP contribution in [0.2, 0.25) is 10.0 Å². The van der Waals surface area contributed by atoms with Gasteiger partial charge in [0.25, 0.3) is 5.69 Å². The lowest BCUT2D eigenvalue weighted by Crippen LogP contribution is -2.54. The van der Waals surface area contributed by atoms with Gasteiger partial charge in [-0.15, -0.1) is 11.8 Å². The molecule has 0 saturated heterocycles. The number of hydrogen-bond donors (Lipinski definition) is 1. The Hall–Kier alpha value is -3.07. The Labute approximate surface area is 243 Å². The molecule has 0 fully saturated rings. The average Bonchev–Trinajstić information content (AvgIpc) is 2.87. The fraction of sp³-hybridized carbons (Fsp3) is 0.310. The summed E-state index contributed by atoms with van der Waals surface area (Å²) >= 11 is 14.3. The number of nitrogens with zero attached hydrogens (tertiary/aromatic N) is 2. The second kappa shape index (κ2) is 13.8. The Kier molecular flexibility index (Phi) is 10.8. The molecule has 2 amide bonds. The summed E-state index contributed by atoms with van der Waals surface area (Å²) in [7, 11) is 0. The molecule has 0 unspecified atom stereocenters. The highest BCUT2D eigenvalue weighted by atomic mass is 35.5. The molecule has 3 rings (SSSR count). The van der Waals surface area contributed by atoms with Gasteiger partial charge in [-0.05, 0) is 44.0 Å². The first-order valence-corrected chi connectivity index (χ1v) is 14.2. The quantitative estimate of drug-likeness (QED) is 0.199. The van der Waals surface area contributed by atoms with Gasteiger partial charge in [-0.3, -0.25) is 19.7 Å². The predicted molar refractivity (Wildman–Crippen MR) is 158 cm³/mol. The number of halogens is 2. The van der Waals surface area contributed by atoms with E-state index in [1.807, 2.05) is 51.1 Å². The minimum Gasteiger partial charge on any atom is -0.350 e. The third kappa shape index (κ3) is 9.27. The molecular weight excluding hydrogens is 557 g/mol. The SMILES string of the molecule is CC(C)(C)NC(=O)[C@@H](Cc1ccccc1)N(Cc1c(Cl)cccc1Cl)C(=O)CSCc1ccc([N+](=O)[O-])cc1. The van der Waals surface area contributed by atoms with Crippen molar-refractivity contribution >= 4 is 52.5 Å². The first kappa shape index (κ1) is 30.5. The summed E-state index contributed by atoms with van der Waals surface area (Å²) in [5, 5.41) is 14.8. The van der Waals surface area contributed by atoms with Gasteiger partial charge in [0.1, 0.15) is 6.04 Å². The third-order valence-electron chi connectivity index (χ3n) is 5.80. The minimum absolute atomic E-state index is 0.0104. The number of hydrogen-bond acceptors (Lipinski definition) is 5. The second-order valence-electron chi connectivity index (χ2n) is 10.1. The Balaban J connectivity index is 1.89. The standard InChI is InChI=1S/C29H31Cl2N3O4S/c1-29(2,3)32-28(36)26(16-20-8-5-4-6-9-20)33(17-23-24(30)10-7-11-25(23)31)27(35)19-39-18-21-12-14-22(15-13-21)34(37)38/h4-15,26H,16-19H2,1-3H3,(H,32,36)/t26-/m1/s1. The van der Waals surface area contributed by atoms with E-state index in [0.29, 0.717) is 27.8 Å². The molecule has 3 aromatic carbocycles. The van der Waals surface area contributed by atoms with E-state index >= 15 is 0 Å². The van der Waals surface area contributed by atoms with Crippen LogP contribution in [0.4, 0.5) is 5.69 Å². The Morgan fingerprint density at radius 1 is 0.949 bits per heavy atom. The van der Waals surface area contributed by atoms with Crippen LogP contribution in [-0.2, 0) is 28.3 Å². The molecule has 0 aliphatic carbocycles. The van der Waals surface area contributed by atoms with E-state index in [9.17, 15) is 19.7 Å². The van der Waals surface area contributed by atoms with Crippen LogP contribution in [0, 0.1) is 10.1 Å². The van der Waals surface area contributed by atoms with Crippen LogP contribution in [0.3, 0.4) is 0 Å². The molecule has 0 radical (unpaired) electrons. The zero-order valence-electron chi connectivity index (χ0n) is 22.0. The van der Waals surface area contributed by atoms with E-state index in [4.69, 9.17) is 23.2 Å². The van der Waals surface area contributed by atoms with E-state index < -0.39 is 16.5 Å². The van der Waals surface area contributed by atoms with Crippen LogP contribution in [0.5, 0.6) is 0 Å². The van der Waals surface area contributed by atoms with Gasteiger partial charge in [0.2, 0.25) is 11.8 Å². The van der Waals surface area contributed by atoms with Gasteiger partial charge in [0, 0.05) is 52.0 Å². The molecule has 10 heteroatoms. The fourth-order valence-electron chi connectivity index (χ4n) is 3.91. The van der Waals surface area contributed by atoms with Gasteiger partial charge in [-0.25, -0.2) is 0 Å². The molecule has 206 valence electrons. The minimum atomic E-state index is -0.813. The summed E-state index contributed by atoms with van der Waals surface area (Å²) in [5.41, 5.74) is 1.83. The van der Waals surface area contributed by atoms with Crippen LogP contribution in [0.25, 0.3) is 0 Å². The summed E-state index contributed by atoms with van der Waals surface area (Å²) in [6.07, 6.45) is 0.309. The molecule has 0 aromatic heterocycles. The van der Waals surface area contributed by atoms with Gasteiger partial charge >= 0.3 is 0 Å². The first-order valence-electron chi connectivity index (χ1n) is 12.3. The number of carbonyl (C=O) groups excluding carboxylic acids is 2. The van der Waals surface area contributed by atoms with Crippen molar-refractivity contribution in [3.8, 4) is 0 Å². The van der Waals surface area contributed by atoms with Gasteiger partial charge in [-0.1, -0.05) is 71.7 Å². The molecule has 0 saturated carbocycles. The number of nitrogens with one attached hydrogen (secondary N) is 1. The molecule has 0 aliphatic rings. The summed E-state index contributed by atoms with van der Waals surface area (Å²) in [6.45, 7) is 5.73. The lowest BCUT2D eigenvalue weighted by atomic mass is 10.0. The van der Waals surface area contributed by atoms with E-state index in [2.05, 4.69) is 5.32 Å². The van der Waals surface area contributed by atoms with Gasteiger partial charge in [-0.2, -0.15) is 0 Å². The zero-order chi connectivity index (χ0) is 28.6. The monoisotopic (exact) mass is 587 g/mol. The van der Waals surface area contributed by atoms with Crippen molar-refractivity contribution in [1.82, 2.24) is 10.2 Å². The Morgan fingerprint density at radius 2 is 1.56 bits per heavy atom. The average molecular weight is 589 g/mol. The highest BCUT2D eigenvalue weighted by molar-refractivity contribution is 7.99. The maximum absolute atomic E-state index is 13.8. The van der Waals surface area contributed by atoms with Crippen LogP contribution >= 0.6 is 35.0 Å². The molecule has 0 aliphatic heterocycles. The van der Waals surface area contributed by atoms with Gasteiger partial charge < -0.3 is 10.2 Å². The normalized spacial score (nSPS) is 12.0. The molecule has 3 aromatic rings. The number of nitro benzene ring substituents is 1. The van der Waals surface area contributed by atoms with E-state index in [1.54, 1.807) is 35.2 Å². The largest absolute Gasteiger partial charge is 0.350 e. The highest BCUT2D eigenvalue weighted by Gasteiger charge is 2.33. The van der Waals surface area contributed by atoms with Crippen molar-refractivity contribution in [3.05, 3.63) is 110 Å². The molecule has 39 heavy (non-hydrogen) atoms. The van der Waals surface area contributed by atoms with E-state index in [0.717, 1.165) is 11.1 Å². The smallest absolute Gasteiger partial charge is 0.269 e. The number of amides is 2.